The van der Waals surface area contributed by atoms with Crippen LogP contribution >= 0.6 is 11.8 Å². The first-order chi connectivity index (χ1) is 8.91. The van der Waals surface area contributed by atoms with Gasteiger partial charge in [0.15, 0.2) is 6.10 Å². The molecular weight excluding hydrogens is 288 g/mol. The Balaban J connectivity index is 2.39. The molecule has 0 aromatic carbocycles. The third-order valence-electron chi connectivity index (χ3n) is 2.74. The summed E-state index contributed by atoms with van der Waals surface area (Å²) < 4.78 is 32.9. The number of aromatic nitrogens is 2. The molecule has 1 aliphatic rings. The lowest BCUT2D eigenvalue weighted by atomic mass is 10.1. The van der Waals surface area contributed by atoms with Crippen LogP contribution in [0.4, 0.5) is 14.6 Å². The topological polar surface area (TPSA) is 96.6 Å². The van der Waals surface area contributed by atoms with Crippen molar-refractivity contribution in [3.63, 3.8) is 0 Å². The molecule has 106 valence electrons. The van der Waals surface area contributed by atoms with Crippen molar-refractivity contribution < 1.29 is 23.7 Å². The van der Waals surface area contributed by atoms with Gasteiger partial charge in [0.25, 0.3) is 0 Å². The highest BCUT2D eigenvalue weighted by Gasteiger charge is 2.59. The second-order valence-electron chi connectivity index (χ2n) is 3.93. The van der Waals surface area contributed by atoms with Crippen molar-refractivity contribution in [3.8, 4) is 0 Å². The Morgan fingerprint density at radius 1 is 1.63 bits per heavy atom. The summed E-state index contributed by atoms with van der Waals surface area (Å²) in [6.45, 7) is -0.795. The highest BCUT2D eigenvalue weighted by Crippen LogP contribution is 2.41. The molecule has 0 radical (unpaired) electrons. The molecule has 3 N–H and O–H groups in total. The van der Waals surface area contributed by atoms with E-state index < -0.39 is 36.7 Å². The van der Waals surface area contributed by atoms with Gasteiger partial charge >= 0.3 is 11.6 Å². The third kappa shape index (κ3) is 2.29. The van der Waals surface area contributed by atoms with Crippen molar-refractivity contribution in [1.29, 1.82) is 0 Å². The molecule has 3 atom stereocenters. The van der Waals surface area contributed by atoms with E-state index >= 15 is 0 Å². The van der Waals surface area contributed by atoms with Crippen LogP contribution in [0.3, 0.4) is 0 Å². The van der Waals surface area contributed by atoms with Gasteiger partial charge in [0, 0.05) is 18.0 Å². The maximum atomic E-state index is 13.8. The highest BCUT2D eigenvalue weighted by atomic mass is 35.5. The van der Waals surface area contributed by atoms with E-state index in [-0.39, 0.29) is 5.82 Å². The number of alkyl halides is 2. The van der Waals surface area contributed by atoms with Crippen molar-refractivity contribution in [2.75, 3.05) is 11.4 Å². The van der Waals surface area contributed by atoms with E-state index in [1.54, 1.807) is 0 Å². The fraction of sp³-hybridized carbons (Fsp3) is 0.556. The molecule has 0 amide bonds. The average molecular weight is 298 g/mol. The molecule has 0 unspecified atom stereocenters. The first-order valence-electron chi connectivity index (χ1n) is 5.20. The highest BCUT2D eigenvalue weighted by molar-refractivity contribution is 6.23. The van der Waals surface area contributed by atoms with Crippen molar-refractivity contribution in [3.05, 3.63) is 22.7 Å². The van der Waals surface area contributed by atoms with E-state index in [0.717, 1.165) is 6.20 Å². The van der Waals surface area contributed by atoms with E-state index in [2.05, 4.69) is 9.82 Å². The first kappa shape index (κ1) is 14.1. The normalized spacial score (nSPS) is 29.4. The zero-order chi connectivity index (χ0) is 14.2. The van der Waals surface area contributed by atoms with Crippen LogP contribution in [0, 0.1) is 0 Å². The maximum Gasteiger partial charge on any atom is 0.351 e. The molecule has 1 fully saturated rings. The van der Waals surface area contributed by atoms with E-state index in [1.807, 2.05) is 0 Å². The molecule has 0 saturated carbocycles. The van der Waals surface area contributed by atoms with Crippen LogP contribution < -0.4 is 10.5 Å². The van der Waals surface area contributed by atoms with Crippen LogP contribution in [0.2, 0.25) is 0 Å². The number of anilines is 1. The zero-order valence-corrected chi connectivity index (χ0v) is 10.1. The molecule has 1 aromatic rings. The van der Waals surface area contributed by atoms with Gasteiger partial charge in [-0.3, -0.25) is 9.40 Å². The lowest BCUT2D eigenvalue weighted by Gasteiger charge is -2.20. The van der Waals surface area contributed by atoms with Gasteiger partial charge < -0.3 is 14.9 Å². The largest absolute Gasteiger partial charge is 0.394 e. The number of nitrogens with zero attached hydrogens (tertiary/aromatic N) is 2. The summed E-state index contributed by atoms with van der Waals surface area (Å²) >= 11 is 5.22. The Bertz CT molecular complexity index is 526. The maximum absolute atomic E-state index is 13.8. The predicted octanol–water partition coefficient (Wildman–Crippen LogP) is -0.305. The molecule has 0 bridgehead atoms. The number of hydrogen-bond acceptors (Lipinski definition) is 6. The Morgan fingerprint density at radius 3 is 2.79 bits per heavy atom. The molecule has 2 heterocycles. The molecule has 0 aliphatic carbocycles. The predicted molar refractivity (Wildman–Crippen MR) is 59.9 cm³/mol. The monoisotopic (exact) mass is 297 g/mol. The summed E-state index contributed by atoms with van der Waals surface area (Å²) in [7, 11) is 0. The summed E-state index contributed by atoms with van der Waals surface area (Å²) in [6.07, 6.45) is -4.72. The molecular formula is C9H10ClF2N3O4. The quantitative estimate of drug-likeness (QED) is 0.663. The minimum absolute atomic E-state index is 0.0107. The van der Waals surface area contributed by atoms with Crippen molar-refractivity contribution in [2.45, 2.75) is 24.4 Å². The fourth-order valence-corrected chi connectivity index (χ4v) is 1.87. The van der Waals surface area contributed by atoms with E-state index in [4.69, 9.17) is 21.6 Å². The second-order valence-corrected chi connectivity index (χ2v) is 4.11. The molecule has 10 heteroatoms. The van der Waals surface area contributed by atoms with Crippen molar-refractivity contribution >= 4 is 17.6 Å². The summed E-state index contributed by atoms with van der Waals surface area (Å²) in [5, 5.41) is 18.2. The van der Waals surface area contributed by atoms with Gasteiger partial charge in [-0.25, -0.2) is 4.79 Å². The average Bonchev–Trinajstić information content (AvgIpc) is 2.61. The van der Waals surface area contributed by atoms with Gasteiger partial charge in [-0.2, -0.15) is 13.8 Å². The molecule has 19 heavy (non-hydrogen) atoms. The van der Waals surface area contributed by atoms with E-state index in [0.29, 0.717) is 4.57 Å². The van der Waals surface area contributed by atoms with Crippen molar-refractivity contribution in [1.82, 2.24) is 9.55 Å². The van der Waals surface area contributed by atoms with Gasteiger partial charge in [-0.1, -0.05) is 0 Å². The van der Waals surface area contributed by atoms with Crippen molar-refractivity contribution in [2.24, 2.45) is 0 Å². The molecule has 1 aliphatic heterocycles. The van der Waals surface area contributed by atoms with Crippen LogP contribution in [0.25, 0.3) is 0 Å². The molecule has 7 nitrogen and oxygen atoms in total. The molecule has 0 spiro atoms. The molecule has 2 rings (SSSR count). The molecule has 1 aromatic heterocycles. The number of aliphatic hydroxyl groups excluding tert-OH is 2. The van der Waals surface area contributed by atoms with Gasteiger partial charge in [-0.05, 0) is 6.07 Å². The summed E-state index contributed by atoms with van der Waals surface area (Å²) in [4.78, 5) is 17.0. The van der Waals surface area contributed by atoms with Gasteiger partial charge in [0.2, 0.25) is 6.23 Å². The summed E-state index contributed by atoms with van der Waals surface area (Å²) in [5.74, 6) is -3.74. The number of ether oxygens (including phenoxy) is 1. The number of hydrogen-bond donors (Lipinski definition) is 3. The fourth-order valence-electron chi connectivity index (χ4n) is 1.76. The van der Waals surface area contributed by atoms with Crippen LogP contribution in [0.15, 0.2) is 17.1 Å². The number of aliphatic hydroxyl groups is 2. The van der Waals surface area contributed by atoms with Crippen LogP contribution in [-0.2, 0) is 4.74 Å². The lowest BCUT2D eigenvalue weighted by molar-refractivity contribution is -0.140. The lowest BCUT2D eigenvalue weighted by Crippen LogP contribution is -2.41. The van der Waals surface area contributed by atoms with E-state index in [1.165, 1.54) is 6.07 Å². The van der Waals surface area contributed by atoms with Gasteiger partial charge in [0.05, 0.1) is 6.61 Å². The Kier molecular flexibility index (Phi) is 3.72. The first-order valence-corrected chi connectivity index (χ1v) is 5.57. The summed E-state index contributed by atoms with van der Waals surface area (Å²) in [5.41, 5.74) is -1.03. The SMILES string of the molecule is O=c1nc(NCl)ccn1[C@@H]1O[C@H](CO)[C@@H](O)C1(F)F. The number of halogens is 3. The van der Waals surface area contributed by atoms with Crippen LogP contribution in [-0.4, -0.2) is 44.5 Å². The number of nitrogens with one attached hydrogen (secondary N) is 1. The minimum atomic E-state index is -3.73. The summed E-state index contributed by atoms with van der Waals surface area (Å²) in [6, 6.07) is 1.19. The van der Waals surface area contributed by atoms with Gasteiger partial charge in [-0.15, -0.1) is 0 Å². The van der Waals surface area contributed by atoms with Crippen LogP contribution in [0.1, 0.15) is 6.23 Å². The second kappa shape index (κ2) is 5.00. The standard InChI is InChI=1S/C9H10ClF2N3O4/c10-14-5-1-2-15(8(18)13-5)7-9(11,12)6(17)4(3-16)19-7/h1-2,4,6-7,16-17H,3H2,(H,13,14,18)/t4-,6-,7-/m1/s1. The minimum Gasteiger partial charge on any atom is -0.394 e. The zero-order valence-electron chi connectivity index (χ0n) is 9.33. The Hall–Kier alpha value is -1.29. The Morgan fingerprint density at radius 2 is 2.32 bits per heavy atom. The van der Waals surface area contributed by atoms with E-state index in [9.17, 15) is 18.7 Å². The van der Waals surface area contributed by atoms with Gasteiger partial charge in [0.1, 0.15) is 11.9 Å². The van der Waals surface area contributed by atoms with Crippen LogP contribution in [0.5, 0.6) is 0 Å². The molecule has 1 saturated heterocycles. The number of rotatable bonds is 3. The Labute approximate surface area is 110 Å². The third-order valence-corrected chi connectivity index (χ3v) is 2.93. The smallest absolute Gasteiger partial charge is 0.351 e.